The van der Waals surface area contributed by atoms with E-state index in [1.807, 2.05) is 27.7 Å². The van der Waals surface area contributed by atoms with Gasteiger partial charge in [0.2, 0.25) is 5.91 Å². The Labute approximate surface area is 108 Å². The second-order valence-electron chi connectivity index (χ2n) is 5.64. The first-order chi connectivity index (χ1) is 8.25. The molecule has 0 aliphatic heterocycles. The highest BCUT2D eigenvalue weighted by Gasteiger charge is 2.40. The van der Waals surface area contributed by atoms with Crippen molar-refractivity contribution in [3.05, 3.63) is 12.2 Å². The van der Waals surface area contributed by atoms with E-state index in [-0.39, 0.29) is 5.91 Å². The van der Waals surface area contributed by atoms with Gasteiger partial charge < -0.3 is 11.1 Å². The Kier molecular flexibility index (Phi) is 4.45. The predicted octanol–water partition coefficient (Wildman–Crippen LogP) is 0.617. The summed E-state index contributed by atoms with van der Waals surface area (Å²) in [5, 5.41) is 9.46. The molecule has 0 aromatic carbocycles. The van der Waals surface area contributed by atoms with Gasteiger partial charge in [0.25, 0.3) is 0 Å². The Bertz CT molecular complexity index is 378. The molecular formula is C12H23N5O. The first kappa shape index (κ1) is 14.6. The number of H-pyrrole nitrogens is 1. The lowest BCUT2D eigenvalue weighted by atomic mass is 9.74. The van der Waals surface area contributed by atoms with E-state index < -0.39 is 11.0 Å². The average molecular weight is 253 g/mol. The lowest BCUT2D eigenvalue weighted by molar-refractivity contribution is -0.132. The Morgan fingerprint density at radius 1 is 1.44 bits per heavy atom. The zero-order valence-electron chi connectivity index (χ0n) is 11.6. The van der Waals surface area contributed by atoms with Crippen LogP contribution in [-0.4, -0.2) is 33.2 Å². The first-order valence-corrected chi connectivity index (χ1v) is 6.16. The van der Waals surface area contributed by atoms with Crippen LogP contribution in [0.25, 0.3) is 0 Å². The number of carbonyl (C=O) groups is 1. The summed E-state index contributed by atoms with van der Waals surface area (Å²) in [5.74, 6) is 0.815. The van der Waals surface area contributed by atoms with Crippen molar-refractivity contribution in [3.63, 3.8) is 0 Å². The molecule has 0 aliphatic carbocycles. The molecule has 0 aliphatic rings. The molecule has 18 heavy (non-hydrogen) atoms. The van der Waals surface area contributed by atoms with Gasteiger partial charge in [0.05, 0.1) is 5.41 Å². The van der Waals surface area contributed by atoms with Crippen LogP contribution in [0.5, 0.6) is 0 Å². The van der Waals surface area contributed by atoms with Crippen LogP contribution in [0.1, 0.15) is 39.9 Å². The minimum absolute atomic E-state index is 0.0208. The fourth-order valence-electron chi connectivity index (χ4n) is 1.32. The van der Waals surface area contributed by atoms with E-state index in [4.69, 9.17) is 5.73 Å². The van der Waals surface area contributed by atoms with Crippen molar-refractivity contribution < 1.29 is 4.79 Å². The average Bonchev–Trinajstić information content (AvgIpc) is 2.75. The van der Waals surface area contributed by atoms with Gasteiger partial charge in [-0.1, -0.05) is 0 Å². The van der Waals surface area contributed by atoms with E-state index in [9.17, 15) is 4.79 Å². The van der Waals surface area contributed by atoms with Gasteiger partial charge in [0.1, 0.15) is 12.2 Å². The molecule has 0 radical (unpaired) electrons. The van der Waals surface area contributed by atoms with E-state index in [0.717, 1.165) is 18.7 Å². The molecule has 1 amide bonds. The van der Waals surface area contributed by atoms with Crippen molar-refractivity contribution in [3.8, 4) is 0 Å². The first-order valence-electron chi connectivity index (χ1n) is 6.16. The molecule has 0 unspecified atom stereocenters. The van der Waals surface area contributed by atoms with Crippen LogP contribution >= 0.6 is 0 Å². The van der Waals surface area contributed by atoms with E-state index in [2.05, 4.69) is 20.5 Å². The summed E-state index contributed by atoms with van der Waals surface area (Å²) in [4.78, 5) is 16.1. The quantitative estimate of drug-likeness (QED) is 0.647. The Balaban J connectivity index is 2.33. The second-order valence-corrected chi connectivity index (χ2v) is 5.64. The molecule has 1 aromatic heterocycles. The molecule has 1 rings (SSSR count). The van der Waals surface area contributed by atoms with Crippen molar-refractivity contribution in [2.45, 2.75) is 46.1 Å². The van der Waals surface area contributed by atoms with Crippen molar-refractivity contribution in [1.82, 2.24) is 20.5 Å². The van der Waals surface area contributed by atoms with E-state index >= 15 is 0 Å². The van der Waals surface area contributed by atoms with Crippen molar-refractivity contribution in [2.24, 2.45) is 11.1 Å². The van der Waals surface area contributed by atoms with Crippen molar-refractivity contribution in [2.75, 3.05) is 6.54 Å². The van der Waals surface area contributed by atoms with Gasteiger partial charge in [-0.15, -0.1) is 0 Å². The summed E-state index contributed by atoms with van der Waals surface area (Å²) in [5.41, 5.74) is 4.86. The highest BCUT2D eigenvalue weighted by Crippen LogP contribution is 2.28. The van der Waals surface area contributed by atoms with Crippen LogP contribution in [0.15, 0.2) is 6.33 Å². The Morgan fingerprint density at radius 3 is 2.61 bits per heavy atom. The summed E-state index contributed by atoms with van der Waals surface area (Å²) >= 11 is 0. The van der Waals surface area contributed by atoms with E-state index in [1.54, 1.807) is 0 Å². The van der Waals surface area contributed by atoms with Crippen LogP contribution in [0, 0.1) is 5.41 Å². The second kappa shape index (κ2) is 5.48. The number of rotatable bonds is 6. The van der Waals surface area contributed by atoms with Crippen molar-refractivity contribution in [1.29, 1.82) is 0 Å². The number of hydrogen-bond donors (Lipinski definition) is 3. The van der Waals surface area contributed by atoms with Crippen LogP contribution in [-0.2, 0) is 11.2 Å². The Morgan fingerprint density at radius 2 is 2.11 bits per heavy atom. The molecule has 4 N–H and O–H groups in total. The fourth-order valence-corrected chi connectivity index (χ4v) is 1.32. The van der Waals surface area contributed by atoms with Crippen LogP contribution in [0.3, 0.4) is 0 Å². The smallest absolute Gasteiger partial charge is 0.227 e. The zero-order valence-corrected chi connectivity index (χ0v) is 11.6. The van der Waals surface area contributed by atoms with Crippen LogP contribution < -0.4 is 11.1 Å². The standard InChI is InChI=1S/C12H23N5O/c1-11(2,12(3,4)13)10(18)14-7-5-6-9-15-8-16-17-9/h8H,5-7,13H2,1-4H3,(H,14,18)(H,15,16,17). The third-order valence-corrected chi connectivity index (χ3v) is 3.52. The van der Waals surface area contributed by atoms with Gasteiger partial charge in [-0.05, 0) is 34.1 Å². The number of carbonyl (C=O) groups excluding carboxylic acids is 1. The maximum absolute atomic E-state index is 12.0. The molecule has 0 bridgehead atoms. The molecular weight excluding hydrogens is 230 g/mol. The molecule has 0 atom stereocenters. The normalized spacial score (nSPS) is 12.5. The lowest BCUT2D eigenvalue weighted by Gasteiger charge is -2.36. The molecule has 6 nitrogen and oxygen atoms in total. The number of nitrogens with two attached hydrogens (primary N) is 1. The SMILES string of the molecule is CC(C)(N)C(C)(C)C(=O)NCCCc1ncn[nH]1. The topological polar surface area (TPSA) is 96.7 Å². The summed E-state index contributed by atoms with van der Waals surface area (Å²) in [7, 11) is 0. The lowest BCUT2D eigenvalue weighted by Crippen LogP contribution is -2.55. The molecule has 6 heteroatoms. The molecule has 0 saturated carbocycles. The minimum Gasteiger partial charge on any atom is -0.356 e. The number of hydrogen-bond acceptors (Lipinski definition) is 4. The predicted molar refractivity (Wildman–Crippen MR) is 69.8 cm³/mol. The van der Waals surface area contributed by atoms with Crippen LogP contribution in [0.4, 0.5) is 0 Å². The largest absolute Gasteiger partial charge is 0.356 e. The summed E-state index contributed by atoms with van der Waals surface area (Å²) in [6.45, 7) is 8.05. The van der Waals surface area contributed by atoms with Gasteiger partial charge >= 0.3 is 0 Å². The summed E-state index contributed by atoms with van der Waals surface area (Å²) in [6, 6.07) is 0. The minimum atomic E-state index is -0.598. The van der Waals surface area contributed by atoms with Crippen LogP contribution in [0.2, 0.25) is 0 Å². The summed E-state index contributed by atoms with van der Waals surface area (Å²) < 4.78 is 0. The maximum Gasteiger partial charge on any atom is 0.227 e. The van der Waals surface area contributed by atoms with Gasteiger partial charge in [-0.2, -0.15) is 5.10 Å². The van der Waals surface area contributed by atoms with E-state index in [0.29, 0.717) is 6.54 Å². The molecule has 1 aromatic rings. The number of aromatic amines is 1. The van der Waals surface area contributed by atoms with Gasteiger partial charge in [-0.3, -0.25) is 9.89 Å². The zero-order chi connectivity index (χ0) is 13.8. The molecule has 0 spiro atoms. The van der Waals surface area contributed by atoms with Gasteiger partial charge in [-0.25, -0.2) is 4.98 Å². The highest BCUT2D eigenvalue weighted by molar-refractivity contribution is 5.83. The Hall–Kier alpha value is -1.43. The number of amides is 1. The number of aromatic nitrogens is 3. The number of nitrogens with zero attached hydrogens (tertiary/aromatic N) is 2. The molecule has 0 saturated heterocycles. The van der Waals surface area contributed by atoms with Gasteiger partial charge in [0.15, 0.2) is 0 Å². The number of nitrogens with one attached hydrogen (secondary N) is 2. The molecule has 102 valence electrons. The molecule has 0 fully saturated rings. The highest BCUT2D eigenvalue weighted by atomic mass is 16.2. The van der Waals surface area contributed by atoms with Gasteiger partial charge in [0, 0.05) is 18.5 Å². The van der Waals surface area contributed by atoms with E-state index in [1.165, 1.54) is 6.33 Å². The third kappa shape index (κ3) is 3.53. The maximum atomic E-state index is 12.0. The summed E-state index contributed by atoms with van der Waals surface area (Å²) in [6.07, 6.45) is 3.07. The molecule has 1 heterocycles. The number of aryl methyl sites for hydroxylation is 1. The monoisotopic (exact) mass is 253 g/mol. The third-order valence-electron chi connectivity index (χ3n) is 3.52. The van der Waals surface area contributed by atoms with Crippen molar-refractivity contribution >= 4 is 5.91 Å². The fraction of sp³-hybridized carbons (Fsp3) is 0.750.